The average molecular weight is 286 g/mol. The zero-order valence-electron chi connectivity index (χ0n) is 12.0. The third kappa shape index (κ3) is 3.22. The summed E-state index contributed by atoms with van der Waals surface area (Å²) in [5.74, 6) is 0.752. The molecule has 0 radical (unpaired) electrons. The van der Waals surface area contributed by atoms with Crippen LogP contribution in [-0.2, 0) is 13.0 Å². The fourth-order valence-corrected chi connectivity index (χ4v) is 3.63. The van der Waals surface area contributed by atoms with Crippen LogP contribution < -0.4 is 10.2 Å². The molecule has 3 heteroatoms. The standard InChI is InChI=1S/C17H22N2S/c1-14-11-15-5-2-3-7-17(15)19(13-14)9-8-18-12-16-6-4-10-20-16/h2-7,10,14,18H,8-9,11-13H2,1H3. The SMILES string of the molecule is CC1Cc2ccccc2N(CCNCc2cccs2)C1. The highest BCUT2D eigenvalue weighted by atomic mass is 32.1. The lowest BCUT2D eigenvalue weighted by Crippen LogP contribution is -2.38. The summed E-state index contributed by atoms with van der Waals surface area (Å²) in [7, 11) is 0. The van der Waals surface area contributed by atoms with Crippen molar-refractivity contribution in [3.8, 4) is 0 Å². The second kappa shape index (κ2) is 6.42. The van der Waals surface area contributed by atoms with Crippen molar-refractivity contribution >= 4 is 17.0 Å². The molecule has 0 saturated carbocycles. The van der Waals surface area contributed by atoms with Gasteiger partial charge in [0.15, 0.2) is 0 Å². The molecule has 1 aromatic carbocycles. The monoisotopic (exact) mass is 286 g/mol. The van der Waals surface area contributed by atoms with E-state index in [2.05, 4.69) is 58.9 Å². The third-order valence-electron chi connectivity index (χ3n) is 3.87. The largest absolute Gasteiger partial charge is 0.370 e. The highest BCUT2D eigenvalue weighted by Gasteiger charge is 2.20. The van der Waals surface area contributed by atoms with Gasteiger partial charge in [0.25, 0.3) is 0 Å². The van der Waals surface area contributed by atoms with Crippen LogP contribution in [0.5, 0.6) is 0 Å². The lowest BCUT2D eigenvalue weighted by Gasteiger charge is -2.35. The van der Waals surface area contributed by atoms with Crippen molar-refractivity contribution in [1.29, 1.82) is 0 Å². The molecular formula is C17H22N2S. The van der Waals surface area contributed by atoms with Gasteiger partial charge in [0, 0.05) is 36.7 Å². The highest BCUT2D eigenvalue weighted by Crippen LogP contribution is 2.28. The second-order valence-electron chi connectivity index (χ2n) is 5.64. The number of para-hydroxylation sites is 1. The number of rotatable bonds is 5. The molecule has 2 nitrogen and oxygen atoms in total. The van der Waals surface area contributed by atoms with Gasteiger partial charge < -0.3 is 10.2 Å². The molecule has 0 fully saturated rings. The Morgan fingerprint density at radius 2 is 2.15 bits per heavy atom. The van der Waals surface area contributed by atoms with Crippen LogP contribution in [0, 0.1) is 5.92 Å². The molecule has 1 atom stereocenters. The number of benzene rings is 1. The maximum absolute atomic E-state index is 3.55. The minimum absolute atomic E-state index is 0.752. The smallest absolute Gasteiger partial charge is 0.0399 e. The molecule has 0 bridgehead atoms. The number of hydrogen-bond donors (Lipinski definition) is 1. The molecule has 20 heavy (non-hydrogen) atoms. The Morgan fingerprint density at radius 1 is 1.25 bits per heavy atom. The minimum atomic E-state index is 0.752. The van der Waals surface area contributed by atoms with E-state index in [0.717, 1.165) is 25.6 Å². The zero-order valence-corrected chi connectivity index (χ0v) is 12.8. The molecule has 3 rings (SSSR count). The molecule has 0 amide bonds. The fraction of sp³-hybridized carbons (Fsp3) is 0.412. The van der Waals surface area contributed by atoms with Crippen LogP contribution in [0.15, 0.2) is 41.8 Å². The van der Waals surface area contributed by atoms with E-state index in [1.54, 1.807) is 0 Å². The quantitative estimate of drug-likeness (QED) is 0.846. The van der Waals surface area contributed by atoms with E-state index < -0.39 is 0 Å². The number of fused-ring (bicyclic) bond motifs is 1. The molecule has 1 N–H and O–H groups in total. The second-order valence-corrected chi connectivity index (χ2v) is 6.67. The van der Waals surface area contributed by atoms with E-state index in [9.17, 15) is 0 Å². The molecule has 1 aliphatic heterocycles. The highest BCUT2D eigenvalue weighted by molar-refractivity contribution is 7.09. The van der Waals surface area contributed by atoms with Gasteiger partial charge in [-0.3, -0.25) is 0 Å². The summed E-state index contributed by atoms with van der Waals surface area (Å²) < 4.78 is 0. The average Bonchev–Trinajstić information content (AvgIpc) is 2.96. The molecule has 1 aliphatic rings. The van der Waals surface area contributed by atoms with Crippen molar-refractivity contribution in [3.05, 3.63) is 52.2 Å². The first-order valence-electron chi connectivity index (χ1n) is 7.39. The number of nitrogens with one attached hydrogen (secondary N) is 1. The lowest BCUT2D eigenvalue weighted by molar-refractivity contribution is 0.523. The summed E-state index contributed by atoms with van der Waals surface area (Å²) in [6, 6.07) is 13.2. The van der Waals surface area contributed by atoms with Gasteiger partial charge >= 0.3 is 0 Å². The Bertz CT molecular complexity index is 536. The Balaban J connectivity index is 1.55. The van der Waals surface area contributed by atoms with Crippen molar-refractivity contribution in [3.63, 3.8) is 0 Å². The Labute approximate surface area is 125 Å². The van der Waals surface area contributed by atoms with Gasteiger partial charge in [0.05, 0.1) is 0 Å². The molecular weight excluding hydrogens is 264 g/mol. The zero-order chi connectivity index (χ0) is 13.8. The van der Waals surface area contributed by atoms with Crippen LogP contribution in [0.2, 0.25) is 0 Å². The lowest BCUT2D eigenvalue weighted by atomic mass is 9.94. The van der Waals surface area contributed by atoms with Gasteiger partial charge in [0.2, 0.25) is 0 Å². The van der Waals surface area contributed by atoms with Gasteiger partial charge in [0.1, 0.15) is 0 Å². The first-order chi connectivity index (χ1) is 9.83. The maximum atomic E-state index is 3.55. The van der Waals surface area contributed by atoms with Crippen molar-refractivity contribution in [2.24, 2.45) is 5.92 Å². The van der Waals surface area contributed by atoms with Gasteiger partial charge in [-0.05, 0) is 35.4 Å². The van der Waals surface area contributed by atoms with E-state index in [1.807, 2.05) is 11.3 Å². The van der Waals surface area contributed by atoms with Crippen LogP contribution in [0.4, 0.5) is 5.69 Å². The van der Waals surface area contributed by atoms with Crippen LogP contribution >= 0.6 is 11.3 Å². The van der Waals surface area contributed by atoms with Crippen molar-refractivity contribution in [2.75, 3.05) is 24.5 Å². The number of thiophene rings is 1. The van der Waals surface area contributed by atoms with Crippen LogP contribution in [0.3, 0.4) is 0 Å². The predicted molar refractivity (Wildman–Crippen MR) is 87.5 cm³/mol. The normalized spacial score (nSPS) is 18.1. The molecule has 0 aliphatic carbocycles. The molecule has 0 saturated heterocycles. The maximum Gasteiger partial charge on any atom is 0.0399 e. The summed E-state index contributed by atoms with van der Waals surface area (Å²) >= 11 is 1.82. The predicted octanol–water partition coefficient (Wildman–Crippen LogP) is 3.54. The first-order valence-corrected chi connectivity index (χ1v) is 8.27. The molecule has 2 heterocycles. The summed E-state index contributed by atoms with van der Waals surface area (Å²) in [5, 5.41) is 5.69. The molecule has 2 aromatic rings. The number of hydrogen-bond acceptors (Lipinski definition) is 3. The van der Waals surface area contributed by atoms with E-state index in [4.69, 9.17) is 0 Å². The topological polar surface area (TPSA) is 15.3 Å². The van der Waals surface area contributed by atoms with Gasteiger partial charge in [-0.25, -0.2) is 0 Å². The van der Waals surface area contributed by atoms with Crippen LogP contribution in [-0.4, -0.2) is 19.6 Å². The van der Waals surface area contributed by atoms with Crippen LogP contribution in [0.1, 0.15) is 17.4 Å². The summed E-state index contributed by atoms with van der Waals surface area (Å²) in [6.07, 6.45) is 1.22. The Hall–Kier alpha value is -1.32. The fourth-order valence-electron chi connectivity index (χ4n) is 2.96. The van der Waals surface area contributed by atoms with Gasteiger partial charge in [-0.1, -0.05) is 31.2 Å². The molecule has 106 valence electrons. The molecule has 1 aromatic heterocycles. The Morgan fingerprint density at radius 3 is 3.00 bits per heavy atom. The molecule has 1 unspecified atom stereocenters. The minimum Gasteiger partial charge on any atom is -0.370 e. The number of nitrogens with zero attached hydrogens (tertiary/aromatic N) is 1. The van der Waals surface area contributed by atoms with Crippen molar-refractivity contribution in [1.82, 2.24) is 5.32 Å². The number of anilines is 1. The van der Waals surface area contributed by atoms with Gasteiger partial charge in [-0.2, -0.15) is 0 Å². The van der Waals surface area contributed by atoms with Crippen molar-refractivity contribution < 1.29 is 0 Å². The third-order valence-corrected chi connectivity index (χ3v) is 4.75. The van der Waals surface area contributed by atoms with E-state index in [1.165, 1.54) is 29.1 Å². The summed E-state index contributed by atoms with van der Waals surface area (Å²) in [4.78, 5) is 3.95. The molecule has 0 spiro atoms. The van der Waals surface area contributed by atoms with Crippen molar-refractivity contribution in [2.45, 2.75) is 19.9 Å². The van der Waals surface area contributed by atoms with Crippen LogP contribution in [0.25, 0.3) is 0 Å². The van der Waals surface area contributed by atoms with Gasteiger partial charge in [-0.15, -0.1) is 11.3 Å². The summed E-state index contributed by atoms with van der Waals surface area (Å²) in [5.41, 5.74) is 2.94. The first kappa shape index (κ1) is 13.7. The van der Waals surface area contributed by atoms with E-state index in [-0.39, 0.29) is 0 Å². The van der Waals surface area contributed by atoms with E-state index in [0.29, 0.717) is 0 Å². The Kier molecular flexibility index (Phi) is 4.38. The summed E-state index contributed by atoms with van der Waals surface area (Å²) in [6.45, 7) is 6.65. The van der Waals surface area contributed by atoms with E-state index >= 15 is 0 Å².